The van der Waals surface area contributed by atoms with Crippen molar-refractivity contribution in [2.75, 3.05) is 0 Å². The molecule has 1 aromatic rings. The molecule has 1 rings (SSSR count). The maximum absolute atomic E-state index is 13.3. The number of ether oxygens (including phenoxy) is 1. The van der Waals surface area contributed by atoms with Crippen LogP contribution in [0.2, 0.25) is 0 Å². The summed E-state index contributed by atoms with van der Waals surface area (Å²) >= 11 is 0. The van der Waals surface area contributed by atoms with Gasteiger partial charge in [-0.2, -0.15) is 13.2 Å². The van der Waals surface area contributed by atoms with Gasteiger partial charge in [-0.25, -0.2) is 0 Å². The van der Waals surface area contributed by atoms with Gasteiger partial charge in [-0.1, -0.05) is 62.9 Å². The molecule has 0 aliphatic heterocycles. The minimum atomic E-state index is -4.70. The van der Waals surface area contributed by atoms with Crippen LogP contribution in [0, 0.1) is 0 Å². The molecule has 0 radical (unpaired) electrons. The number of rotatable bonds is 10. The van der Waals surface area contributed by atoms with Crippen LogP contribution in [0.1, 0.15) is 51.0 Å². The Labute approximate surface area is 129 Å². The Balaban J connectivity index is 2.67. The lowest BCUT2D eigenvalue weighted by atomic mass is 9.96. The van der Waals surface area contributed by atoms with Crippen molar-refractivity contribution in [2.45, 2.75) is 63.8 Å². The second kappa shape index (κ2) is 8.93. The zero-order chi connectivity index (χ0) is 16.5. The lowest BCUT2D eigenvalue weighted by Gasteiger charge is -2.30. The fourth-order valence-electron chi connectivity index (χ4n) is 2.23. The average molecular weight is 316 g/mol. The predicted molar refractivity (Wildman–Crippen MR) is 79.5 cm³/mol. The lowest BCUT2D eigenvalue weighted by molar-refractivity contribution is -0.266. The normalized spacial score (nSPS) is 14.5. The second-order valence-electron chi connectivity index (χ2n) is 5.44. The molecule has 0 heterocycles. The van der Waals surface area contributed by atoms with Gasteiger partial charge in [-0.3, -0.25) is 4.79 Å². The monoisotopic (exact) mass is 316 g/mol. The number of hydrogen-bond acceptors (Lipinski definition) is 2. The first-order valence-electron chi connectivity index (χ1n) is 7.66. The summed E-state index contributed by atoms with van der Waals surface area (Å²) < 4.78 is 44.9. The van der Waals surface area contributed by atoms with E-state index in [9.17, 15) is 18.0 Å². The van der Waals surface area contributed by atoms with Crippen LogP contribution in [0.5, 0.6) is 0 Å². The van der Waals surface area contributed by atoms with Gasteiger partial charge in [0.2, 0.25) is 5.60 Å². The maximum Gasteiger partial charge on any atom is 0.424 e. The first-order chi connectivity index (χ1) is 10.4. The summed E-state index contributed by atoms with van der Waals surface area (Å²) in [6, 6.07) is 8.56. The molecule has 1 atom stereocenters. The molecule has 0 amide bonds. The zero-order valence-electron chi connectivity index (χ0n) is 12.9. The molecule has 0 saturated heterocycles. The van der Waals surface area contributed by atoms with Gasteiger partial charge in [0.05, 0.1) is 6.61 Å². The number of aldehydes is 1. The van der Waals surface area contributed by atoms with E-state index < -0.39 is 11.8 Å². The average Bonchev–Trinajstić information content (AvgIpc) is 2.50. The van der Waals surface area contributed by atoms with Gasteiger partial charge in [0.15, 0.2) is 6.29 Å². The summed E-state index contributed by atoms with van der Waals surface area (Å²) in [6.45, 7) is 1.81. The molecular weight excluding hydrogens is 293 g/mol. The fourth-order valence-corrected chi connectivity index (χ4v) is 2.23. The van der Waals surface area contributed by atoms with E-state index in [-0.39, 0.29) is 19.3 Å². The smallest absolute Gasteiger partial charge is 0.354 e. The molecule has 0 aliphatic carbocycles. The van der Waals surface area contributed by atoms with E-state index in [1.165, 1.54) is 0 Å². The minimum Gasteiger partial charge on any atom is -0.354 e. The number of halogens is 3. The van der Waals surface area contributed by atoms with Crippen LogP contribution in [0.15, 0.2) is 30.3 Å². The van der Waals surface area contributed by atoms with Crippen LogP contribution in [-0.4, -0.2) is 18.1 Å². The molecule has 0 fully saturated rings. The van der Waals surface area contributed by atoms with Gasteiger partial charge in [0.1, 0.15) is 0 Å². The Morgan fingerprint density at radius 3 is 2.23 bits per heavy atom. The molecular formula is C17H23F3O2. The number of alkyl halides is 3. The Morgan fingerprint density at radius 1 is 1.05 bits per heavy atom. The van der Waals surface area contributed by atoms with Gasteiger partial charge < -0.3 is 4.74 Å². The Morgan fingerprint density at radius 2 is 1.68 bits per heavy atom. The standard InChI is InChI=1S/C17H23F3O2/c1-2-3-4-5-9-12-16(14-21,17(18,19)20)22-13-15-10-7-6-8-11-15/h6-8,10-11,14H,2-5,9,12-13H2,1H3/t16-/m1/s1. The molecule has 22 heavy (non-hydrogen) atoms. The SMILES string of the molecule is CCCCCCC[C@](C=O)(OCc1ccccc1)C(F)(F)F. The maximum atomic E-state index is 13.3. The third-order valence-electron chi connectivity index (χ3n) is 3.66. The van der Waals surface area contributed by atoms with E-state index in [4.69, 9.17) is 4.74 Å². The Kier molecular flexibility index (Phi) is 7.59. The molecule has 2 nitrogen and oxygen atoms in total. The van der Waals surface area contributed by atoms with Crippen molar-refractivity contribution in [1.29, 1.82) is 0 Å². The largest absolute Gasteiger partial charge is 0.424 e. The summed E-state index contributed by atoms with van der Waals surface area (Å²) in [4.78, 5) is 11.2. The minimum absolute atomic E-state index is 0.0875. The highest BCUT2D eigenvalue weighted by Gasteiger charge is 2.55. The summed E-state index contributed by atoms with van der Waals surface area (Å²) in [5.74, 6) is 0. The Bertz CT molecular complexity index is 431. The van der Waals surface area contributed by atoms with Crippen LogP contribution in [-0.2, 0) is 16.1 Å². The van der Waals surface area contributed by atoms with Crippen LogP contribution in [0.3, 0.4) is 0 Å². The molecule has 0 N–H and O–H groups in total. The third kappa shape index (κ3) is 5.44. The third-order valence-corrected chi connectivity index (χ3v) is 3.66. The molecule has 5 heteroatoms. The van der Waals surface area contributed by atoms with E-state index in [0.717, 1.165) is 19.3 Å². The molecule has 0 spiro atoms. The van der Waals surface area contributed by atoms with Crippen molar-refractivity contribution in [3.05, 3.63) is 35.9 Å². The first-order valence-corrected chi connectivity index (χ1v) is 7.66. The van der Waals surface area contributed by atoms with E-state index >= 15 is 0 Å². The number of carbonyl (C=O) groups excluding carboxylic acids is 1. The van der Waals surface area contributed by atoms with Crippen LogP contribution >= 0.6 is 0 Å². The number of unbranched alkanes of at least 4 members (excludes halogenated alkanes) is 4. The lowest BCUT2D eigenvalue weighted by Crippen LogP contribution is -2.49. The first kappa shape index (κ1) is 18.7. The van der Waals surface area contributed by atoms with E-state index in [1.807, 2.05) is 6.92 Å². The second-order valence-corrected chi connectivity index (χ2v) is 5.44. The Hall–Kier alpha value is -1.36. The van der Waals surface area contributed by atoms with Gasteiger partial charge >= 0.3 is 6.18 Å². The summed E-state index contributed by atoms with van der Waals surface area (Å²) in [7, 11) is 0. The molecule has 124 valence electrons. The van der Waals surface area contributed by atoms with Crippen LogP contribution in [0.25, 0.3) is 0 Å². The summed E-state index contributed by atoms with van der Waals surface area (Å²) in [6.07, 6.45) is -1.22. The van der Waals surface area contributed by atoms with Crippen molar-refractivity contribution < 1.29 is 22.7 Å². The van der Waals surface area contributed by atoms with Crippen molar-refractivity contribution in [3.8, 4) is 0 Å². The molecule has 0 saturated carbocycles. The quantitative estimate of drug-likeness (QED) is 0.445. The zero-order valence-corrected chi connectivity index (χ0v) is 12.9. The molecule has 0 aliphatic rings. The molecule has 0 unspecified atom stereocenters. The van der Waals surface area contributed by atoms with Crippen molar-refractivity contribution in [1.82, 2.24) is 0 Å². The number of hydrogen-bond donors (Lipinski definition) is 0. The van der Waals surface area contributed by atoms with Crippen LogP contribution < -0.4 is 0 Å². The molecule has 0 aromatic heterocycles. The van der Waals surface area contributed by atoms with Gasteiger partial charge in [0, 0.05) is 0 Å². The summed E-state index contributed by atoms with van der Waals surface area (Å²) in [5.41, 5.74) is -2.08. The van der Waals surface area contributed by atoms with Gasteiger partial charge in [0.25, 0.3) is 0 Å². The van der Waals surface area contributed by atoms with E-state index in [2.05, 4.69) is 0 Å². The van der Waals surface area contributed by atoms with Gasteiger partial charge in [-0.15, -0.1) is 0 Å². The predicted octanol–water partition coefficient (Wildman–Crippen LogP) is 5.06. The van der Waals surface area contributed by atoms with E-state index in [0.29, 0.717) is 18.4 Å². The van der Waals surface area contributed by atoms with E-state index in [1.54, 1.807) is 30.3 Å². The van der Waals surface area contributed by atoms with Crippen molar-refractivity contribution >= 4 is 6.29 Å². The van der Waals surface area contributed by atoms with Crippen molar-refractivity contribution in [2.24, 2.45) is 0 Å². The highest BCUT2D eigenvalue weighted by Crippen LogP contribution is 2.37. The van der Waals surface area contributed by atoms with Crippen molar-refractivity contribution in [3.63, 3.8) is 0 Å². The summed E-state index contributed by atoms with van der Waals surface area (Å²) in [5, 5.41) is 0. The number of carbonyl (C=O) groups is 1. The fraction of sp³-hybridized carbons (Fsp3) is 0.588. The highest BCUT2D eigenvalue weighted by molar-refractivity contribution is 5.64. The number of benzene rings is 1. The molecule has 0 bridgehead atoms. The highest BCUT2D eigenvalue weighted by atomic mass is 19.4. The molecule has 1 aromatic carbocycles. The van der Waals surface area contributed by atoms with Crippen LogP contribution in [0.4, 0.5) is 13.2 Å². The topological polar surface area (TPSA) is 26.3 Å². The van der Waals surface area contributed by atoms with Gasteiger partial charge in [-0.05, 0) is 18.4 Å².